The number of aromatic nitrogens is 1. The van der Waals surface area contributed by atoms with Gasteiger partial charge in [0, 0.05) is 10.9 Å². The lowest BCUT2D eigenvalue weighted by molar-refractivity contribution is 0.374. The van der Waals surface area contributed by atoms with Gasteiger partial charge in [-0.1, -0.05) is 35.9 Å². The fraction of sp³-hybridized carbons (Fsp3) is 0.0625. The first-order valence-corrected chi connectivity index (χ1v) is 6.49. The van der Waals surface area contributed by atoms with Crippen LogP contribution in [0.2, 0.25) is 5.02 Å². The van der Waals surface area contributed by atoms with Gasteiger partial charge in [-0.15, -0.1) is 0 Å². The van der Waals surface area contributed by atoms with Crippen molar-refractivity contribution in [3.8, 4) is 22.8 Å². The molecule has 100 valence electrons. The lowest BCUT2D eigenvalue weighted by atomic mass is 10.1. The molecule has 3 nitrogen and oxygen atoms in total. The zero-order valence-corrected chi connectivity index (χ0v) is 11.6. The molecule has 0 saturated carbocycles. The van der Waals surface area contributed by atoms with Crippen LogP contribution in [0.4, 0.5) is 0 Å². The summed E-state index contributed by atoms with van der Waals surface area (Å²) in [5, 5.41) is 11.1. The third kappa shape index (κ3) is 2.17. The van der Waals surface area contributed by atoms with Crippen LogP contribution in [0.3, 0.4) is 0 Å². The van der Waals surface area contributed by atoms with Crippen LogP contribution in [0.5, 0.6) is 11.5 Å². The SMILES string of the molecule is COc1cc(-c2ccc3ccccc3n2)cc(Cl)c1O. The average molecular weight is 286 g/mol. The maximum atomic E-state index is 9.76. The monoisotopic (exact) mass is 285 g/mol. The van der Waals surface area contributed by atoms with Crippen LogP contribution in [0, 0.1) is 0 Å². The van der Waals surface area contributed by atoms with Crippen molar-refractivity contribution in [2.24, 2.45) is 0 Å². The summed E-state index contributed by atoms with van der Waals surface area (Å²) in [6, 6.07) is 15.2. The van der Waals surface area contributed by atoms with E-state index in [1.54, 1.807) is 12.1 Å². The molecule has 0 bridgehead atoms. The molecule has 3 rings (SSSR count). The van der Waals surface area contributed by atoms with Gasteiger partial charge in [-0.25, -0.2) is 4.98 Å². The molecule has 0 atom stereocenters. The summed E-state index contributed by atoms with van der Waals surface area (Å²) < 4.78 is 5.11. The zero-order valence-electron chi connectivity index (χ0n) is 10.8. The van der Waals surface area contributed by atoms with Crippen molar-refractivity contribution in [3.05, 3.63) is 53.6 Å². The van der Waals surface area contributed by atoms with Crippen molar-refractivity contribution < 1.29 is 9.84 Å². The van der Waals surface area contributed by atoms with Crippen LogP contribution in [-0.2, 0) is 0 Å². The van der Waals surface area contributed by atoms with E-state index in [-0.39, 0.29) is 10.8 Å². The molecule has 1 N–H and O–H groups in total. The smallest absolute Gasteiger partial charge is 0.176 e. The summed E-state index contributed by atoms with van der Waals surface area (Å²) >= 11 is 6.01. The van der Waals surface area contributed by atoms with Gasteiger partial charge in [0.05, 0.1) is 23.3 Å². The summed E-state index contributed by atoms with van der Waals surface area (Å²) in [4.78, 5) is 4.60. The number of fused-ring (bicyclic) bond motifs is 1. The second kappa shape index (κ2) is 5.02. The van der Waals surface area contributed by atoms with Gasteiger partial charge < -0.3 is 9.84 Å². The van der Waals surface area contributed by atoms with Crippen LogP contribution in [0.25, 0.3) is 22.2 Å². The summed E-state index contributed by atoms with van der Waals surface area (Å²) in [5.41, 5.74) is 2.49. The van der Waals surface area contributed by atoms with E-state index in [2.05, 4.69) is 4.98 Å². The minimum Gasteiger partial charge on any atom is -0.503 e. The number of nitrogens with zero attached hydrogens (tertiary/aromatic N) is 1. The van der Waals surface area contributed by atoms with Crippen molar-refractivity contribution in [2.45, 2.75) is 0 Å². The number of halogens is 1. The Bertz CT molecular complexity index is 787. The lowest BCUT2D eigenvalue weighted by Gasteiger charge is -2.09. The van der Waals surface area contributed by atoms with Gasteiger partial charge in [0.1, 0.15) is 0 Å². The van der Waals surface area contributed by atoms with Gasteiger partial charge in [-0.05, 0) is 24.3 Å². The molecular formula is C16H12ClNO2. The molecule has 3 aromatic rings. The van der Waals surface area contributed by atoms with E-state index in [0.717, 1.165) is 22.2 Å². The Balaban J connectivity index is 2.17. The third-order valence-electron chi connectivity index (χ3n) is 3.14. The Morgan fingerprint density at radius 3 is 2.70 bits per heavy atom. The standard InChI is InChI=1S/C16H12ClNO2/c1-20-15-9-11(8-12(17)16(15)19)14-7-6-10-4-2-3-5-13(10)18-14/h2-9,19H,1H3. The molecule has 0 spiro atoms. The van der Waals surface area contributed by atoms with Crippen LogP contribution in [0.1, 0.15) is 0 Å². The molecule has 0 radical (unpaired) electrons. The lowest BCUT2D eigenvalue weighted by Crippen LogP contribution is -1.89. The molecule has 2 aromatic carbocycles. The Hall–Kier alpha value is -2.26. The van der Waals surface area contributed by atoms with Crippen molar-refractivity contribution >= 4 is 22.5 Å². The van der Waals surface area contributed by atoms with E-state index in [1.807, 2.05) is 36.4 Å². The Kier molecular flexibility index (Phi) is 3.20. The predicted octanol–water partition coefficient (Wildman–Crippen LogP) is 4.27. The largest absolute Gasteiger partial charge is 0.503 e. The highest BCUT2D eigenvalue weighted by Gasteiger charge is 2.11. The molecular weight excluding hydrogens is 274 g/mol. The number of benzene rings is 2. The van der Waals surface area contributed by atoms with Gasteiger partial charge >= 0.3 is 0 Å². The Labute approximate surface area is 121 Å². The first kappa shape index (κ1) is 12.8. The highest BCUT2D eigenvalue weighted by Crippen LogP contribution is 2.38. The van der Waals surface area contributed by atoms with Crippen LogP contribution < -0.4 is 4.74 Å². The summed E-state index contributed by atoms with van der Waals surface area (Å²) in [6.07, 6.45) is 0. The second-order valence-corrected chi connectivity index (χ2v) is 4.81. The van der Waals surface area contributed by atoms with Crippen molar-refractivity contribution in [3.63, 3.8) is 0 Å². The third-order valence-corrected chi connectivity index (χ3v) is 3.43. The summed E-state index contributed by atoms with van der Waals surface area (Å²) in [5.74, 6) is 0.279. The van der Waals surface area contributed by atoms with E-state index < -0.39 is 0 Å². The second-order valence-electron chi connectivity index (χ2n) is 4.40. The average Bonchev–Trinajstić information content (AvgIpc) is 2.49. The summed E-state index contributed by atoms with van der Waals surface area (Å²) in [7, 11) is 1.49. The maximum absolute atomic E-state index is 9.76. The molecule has 0 saturated heterocycles. The topological polar surface area (TPSA) is 42.4 Å². The van der Waals surface area contributed by atoms with Crippen molar-refractivity contribution in [2.75, 3.05) is 7.11 Å². The Morgan fingerprint density at radius 2 is 1.90 bits per heavy atom. The predicted molar refractivity (Wildman–Crippen MR) is 80.4 cm³/mol. The molecule has 0 fully saturated rings. The number of phenols is 1. The number of aromatic hydroxyl groups is 1. The van der Waals surface area contributed by atoms with Gasteiger partial charge in [0.25, 0.3) is 0 Å². The van der Waals surface area contributed by atoms with Crippen LogP contribution in [-0.4, -0.2) is 17.2 Å². The molecule has 0 amide bonds. The van der Waals surface area contributed by atoms with Gasteiger partial charge in [-0.3, -0.25) is 0 Å². The summed E-state index contributed by atoms with van der Waals surface area (Å²) in [6.45, 7) is 0. The normalized spacial score (nSPS) is 10.7. The number of hydrogen-bond donors (Lipinski definition) is 1. The fourth-order valence-electron chi connectivity index (χ4n) is 2.10. The minimum absolute atomic E-state index is 0.0568. The molecule has 1 aromatic heterocycles. The number of methoxy groups -OCH3 is 1. The van der Waals surface area contributed by atoms with Gasteiger partial charge in [-0.2, -0.15) is 0 Å². The molecule has 1 heterocycles. The van der Waals surface area contributed by atoms with Crippen LogP contribution >= 0.6 is 11.6 Å². The van der Waals surface area contributed by atoms with E-state index in [0.29, 0.717) is 5.75 Å². The first-order valence-electron chi connectivity index (χ1n) is 6.11. The first-order chi connectivity index (χ1) is 9.69. The number of phenolic OH excluding ortho intramolecular Hbond substituents is 1. The number of pyridine rings is 1. The Morgan fingerprint density at radius 1 is 1.10 bits per heavy atom. The number of hydrogen-bond acceptors (Lipinski definition) is 3. The van der Waals surface area contributed by atoms with Crippen molar-refractivity contribution in [1.29, 1.82) is 0 Å². The van der Waals surface area contributed by atoms with Crippen molar-refractivity contribution in [1.82, 2.24) is 4.98 Å². The maximum Gasteiger partial charge on any atom is 0.176 e. The van der Waals surface area contributed by atoms with E-state index in [1.165, 1.54) is 7.11 Å². The van der Waals surface area contributed by atoms with Crippen LogP contribution in [0.15, 0.2) is 48.5 Å². The number of rotatable bonds is 2. The van der Waals surface area contributed by atoms with E-state index in [9.17, 15) is 5.11 Å². The molecule has 0 aliphatic heterocycles. The van der Waals surface area contributed by atoms with Gasteiger partial charge in [0.15, 0.2) is 11.5 Å². The molecule has 20 heavy (non-hydrogen) atoms. The molecule has 0 unspecified atom stereocenters. The quantitative estimate of drug-likeness (QED) is 0.764. The van der Waals surface area contributed by atoms with E-state index in [4.69, 9.17) is 16.3 Å². The highest BCUT2D eigenvalue weighted by atomic mass is 35.5. The minimum atomic E-state index is -0.0568. The number of para-hydroxylation sites is 1. The fourth-order valence-corrected chi connectivity index (χ4v) is 2.31. The molecule has 4 heteroatoms. The zero-order chi connectivity index (χ0) is 14.1. The molecule has 0 aliphatic rings. The highest BCUT2D eigenvalue weighted by molar-refractivity contribution is 6.32. The van der Waals surface area contributed by atoms with Gasteiger partial charge in [0.2, 0.25) is 0 Å². The molecule has 0 aliphatic carbocycles. The van der Waals surface area contributed by atoms with E-state index >= 15 is 0 Å². The number of ether oxygens (including phenoxy) is 1.